The normalized spacial score (nSPS) is 14.4. The summed E-state index contributed by atoms with van der Waals surface area (Å²) in [6, 6.07) is 11.6. The predicted molar refractivity (Wildman–Crippen MR) is 87.9 cm³/mol. The molecule has 2 aromatic rings. The zero-order chi connectivity index (χ0) is 16.2. The number of fused-ring (bicyclic) bond motifs is 1. The summed E-state index contributed by atoms with van der Waals surface area (Å²) in [6.45, 7) is 1.99. The van der Waals surface area contributed by atoms with E-state index in [1.165, 1.54) is 30.2 Å². The highest BCUT2D eigenvalue weighted by molar-refractivity contribution is 5.94. The summed E-state index contributed by atoms with van der Waals surface area (Å²) < 4.78 is 0. The molecule has 1 unspecified atom stereocenters. The average Bonchev–Trinajstić information content (AvgIpc) is 2.61. The summed E-state index contributed by atoms with van der Waals surface area (Å²) in [6.07, 6.45) is 6.24. The quantitative estimate of drug-likeness (QED) is 0.946. The molecule has 0 fully saturated rings. The van der Waals surface area contributed by atoms with Gasteiger partial charge in [-0.05, 0) is 61.4 Å². The Hall–Kier alpha value is -2.67. The first-order valence-corrected chi connectivity index (χ1v) is 7.96. The molecular formula is C19H19N3O. The van der Waals surface area contributed by atoms with Crippen LogP contribution in [0.15, 0.2) is 36.5 Å². The zero-order valence-corrected chi connectivity index (χ0v) is 13.2. The van der Waals surface area contributed by atoms with Crippen molar-refractivity contribution in [2.75, 3.05) is 0 Å². The second kappa shape index (κ2) is 6.62. The van der Waals surface area contributed by atoms with Gasteiger partial charge in [-0.25, -0.2) is 4.98 Å². The van der Waals surface area contributed by atoms with E-state index < -0.39 is 0 Å². The van der Waals surface area contributed by atoms with Crippen LogP contribution in [0.25, 0.3) is 0 Å². The number of benzene rings is 1. The van der Waals surface area contributed by atoms with Gasteiger partial charge in [-0.15, -0.1) is 0 Å². The van der Waals surface area contributed by atoms with Crippen molar-refractivity contribution in [2.45, 2.75) is 38.6 Å². The topological polar surface area (TPSA) is 65.8 Å². The van der Waals surface area contributed by atoms with Crippen LogP contribution in [-0.4, -0.2) is 10.9 Å². The summed E-state index contributed by atoms with van der Waals surface area (Å²) in [5, 5.41) is 11.7. The van der Waals surface area contributed by atoms with E-state index in [0.717, 1.165) is 18.4 Å². The van der Waals surface area contributed by atoms with Gasteiger partial charge in [0.05, 0.1) is 11.6 Å². The number of aromatic nitrogens is 1. The number of rotatable bonds is 3. The van der Waals surface area contributed by atoms with Crippen LogP contribution in [0.1, 0.15) is 58.5 Å². The Kier molecular flexibility index (Phi) is 4.38. The molecule has 4 heteroatoms. The maximum atomic E-state index is 12.3. The Balaban J connectivity index is 1.71. The predicted octanol–water partition coefficient (Wildman–Crippen LogP) is 3.32. The molecule has 1 aliphatic rings. The summed E-state index contributed by atoms with van der Waals surface area (Å²) in [5.74, 6) is -0.174. The van der Waals surface area contributed by atoms with Crippen LogP contribution in [0.5, 0.6) is 0 Å². The molecule has 0 saturated heterocycles. The van der Waals surface area contributed by atoms with Gasteiger partial charge < -0.3 is 5.32 Å². The third-order valence-electron chi connectivity index (χ3n) is 4.36. The molecule has 0 aliphatic heterocycles. The highest BCUT2D eigenvalue weighted by Gasteiger charge is 2.15. The van der Waals surface area contributed by atoms with E-state index >= 15 is 0 Å². The fraction of sp³-hybridized carbons (Fsp3) is 0.316. The summed E-state index contributed by atoms with van der Waals surface area (Å²) in [7, 11) is 0. The maximum Gasteiger partial charge on any atom is 0.253 e. The van der Waals surface area contributed by atoms with Crippen molar-refractivity contribution < 1.29 is 4.79 Å². The molecular weight excluding hydrogens is 286 g/mol. The van der Waals surface area contributed by atoms with Crippen LogP contribution < -0.4 is 5.32 Å². The molecule has 1 N–H and O–H groups in total. The number of carbonyl (C=O) groups is 1. The molecule has 0 radical (unpaired) electrons. The van der Waals surface area contributed by atoms with Gasteiger partial charge in [-0.1, -0.05) is 18.2 Å². The number of nitrogens with one attached hydrogen (secondary N) is 1. The van der Waals surface area contributed by atoms with E-state index in [9.17, 15) is 4.79 Å². The minimum atomic E-state index is -0.174. The van der Waals surface area contributed by atoms with Crippen molar-refractivity contribution in [3.05, 3.63) is 64.5 Å². The molecule has 116 valence electrons. The van der Waals surface area contributed by atoms with Gasteiger partial charge in [0, 0.05) is 6.20 Å². The molecule has 23 heavy (non-hydrogen) atoms. The van der Waals surface area contributed by atoms with E-state index in [1.807, 2.05) is 13.0 Å². The average molecular weight is 305 g/mol. The Morgan fingerprint density at radius 1 is 1.22 bits per heavy atom. The number of carbonyl (C=O) groups excluding carboxylic acids is 1. The minimum absolute atomic E-state index is 0.0645. The van der Waals surface area contributed by atoms with Crippen molar-refractivity contribution >= 4 is 5.91 Å². The molecule has 1 aromatic carbocycles. The lowest BCUT2D eigenvalue weighted by molar-refractivity contribution is 0.0939. The molecule has 0 saturated carbocycles. The maximum absolute atomic E-state index is 12.3. The van der Waals surface area contributed by atoms with Crippen molar-refractivity contribution in [1.29, 1.82) is 5.26 Å². The van der Waals surface area contributed by atoms with Gasteiger partial charge in [-0.3, -0.25) is 4.79 Å². The summed E-state index contributed by atoms with van der Waals surface area (Å²) in [4.78, 5) is 16.2. The first kappa shape index (κ1) is 15.2. The van der Waals surface area contributed by atoms with E-state index in [0.29, 0.717) is 11.3 Å². The number of amides is 1. The highest BCUT2D eigenvalue weighted by atomic mass is 16.1. The van der Waals surface area contributed by atoms with Crippen LogP contribution in [0.3, 0.4) is 0 Å². The molecule has 4 nitrogen and oxygen atoms in total. The zero-order valence-electron chi connectivity index (χ0n) is 13.2. The minimum Gasteiger partial charge on any atom is -0.345 e. The number of hydrogen-bond acceptors (Lipinski definition) is 3. The van der Waals surface area contributed by atoms with Gasteiger partial charge in [0.1, 0.15) is 11.8 Å². The first-order chi connectivity index (χ1) is 11.2. The SMILES string of the molecule is CC(NC(=O)c1ccc(C#N)nc1)c1ccc2c(c1)CCCC2. The molecule has 1 aliphatic carbocycles. The standard InChI is InChI=1S/C19H19N3O/c1-13(15-7-6-14-4-2-3-5-16(14)10-15)22-19(23)17-8-9-18(11-20)21-12-17/h6-10,12-13H,2-5H2,1H3,(H,22,23). The number of pyridine rings is 1. The van der Waals surface area contributed by atoms with Crippen LogP contribution in [0.2, 0.25) is 0 Å². The molecule has 0 spiro atoms. The molecule has 1 atom stereocenters. The Morgan fingerprint density at radius 3 is 2.70 bits per heavy atom. The third kappa shape index (κ3) is 3.40. The van der Waals surface area contributed by atoms with E-state index in [1.54, 1.807) is 12.1 Å². The second-order valence-electron chi connectivity index (χ2n) is 5.97. The van der Waals surface area contributed by atoms with Crippen LogP contribution in [0.4, 0.5) is 0 Å². The van der Waals surface area contributed by atoms with E-state index in [4.69, 9.17) is 5.26 Å². The molecule has 1 amide bonds. The van der Waals surface area contributed by atoms with Crippen molar-refractivity contribution in [3.63, 3.8) is 0 Å². The Labute approximate surface area is 136 Å². The first-order valence-electron chi connectivity index (χ1n) is 7.96. The lowest BCUT2D eigenvalue weighted by Crippen LogP contribution is -2.27. The van der Waals surface area contributed by atoms with Gasteiger partial charge in [0.25, 0.3) is 5.91 Å². The van der Waals surface area contributed by atoms with Crippen molar-refractivity contribution in [2.24, 2.45) is 0 Å². The van der Waals surface area contributed by atoms with Crippen molar-refractivity contribution in [1.82, 2.24) is 10.3 Å². The summed E-state index contributed by atoms with van der Waals surface area (Å²) in [5.41, 5.74) is 4.75. The lowest BCUT2D eigenvalue weighted by Gasteiger charge is -2.20. The smallest absolute Gasteiger partial charge is 0.253 e. The number of aryl methyl sites for hydroxylation is 2. The number of nitrogens with zero attached hydrogens (tertiary/aromatic N) is 2. The Morgan fingerprint density at radius 2 is 2.00 bits per heavy atom. The molecule has 1 aromatic heterocycles. The van der Waals surface area contributed by atoms with E-state index in [-0.39, 0.29) is 11.9 Å². The van der Waals surface area contributed by atoms with Gasteiger partial charge in [0.15, 0.2) is 0 Å². The van der Waals surface area contributed by atoms with Crippen LogP contribution in [-0.2, 0) is 12.8 Å². The van der Waals surface area contributed by atoms with Gasteiger partial charge in [-0.2, -0.15) is 5.26 Å². The van der Waals surface area contributed by atoms with Crippen LogP contribution >= 0.6 is 0 Å². The number of nitriles is 1. The van der Waals surface area contributed by atoms with E-state index in [2.05, 4.69) is 28.5 Å². The highest BCUT2D eigenvalue weighted by Crippen LogP contribution is 2.24. The largest absolute Gasteiger partial charge is 0.345 e. The Bertz CT molecular complexity index is 759. The number of hydrogen-bond donors (Lipinski definition) is 1. The van der Waals surface area contributed by atoms with Crippen LogP contribution in [0, 0.1) is 11.3 Å². The fourth-order valence-electron chi connectivity index (χ4n) is 2.98. The monoisotopic (exact) mass is 305 g/mol. The molecule has 1 heterocycles. The second-order valence-corrected chi connectivity index (χ2v) is 5.97. The van der Waals surface area contributed by atoms with Gasteiger partial charge in [0.2, 0.25) is 0 Å². The van der Waals surface area contributed by atoms with Gasteiger partial charge >= 0.3 is 0 Å². The molecule has 3 rings (SSSR count). The molecule has 0 bridgehead atoms. The lowest BCUT2D eigenvalue weighted by atomic mass is 9.89. The van der Waals surface area contributed by atoms with Crippen molar-refractivity contribution in [3.8, 4) is 6.07 Å². The summed E-state index contributed by atoms with van der Waals surface area (Å²) >= 11 is 0. The third-order valence-corrected chi connectivity index (χ3v) is 4.36. The fourth-order valence-corrected chi connectivity index (χ4v) is 2.98.